The van der Waals surface area contributed by atoms with E-state index in [9.17, 15) is 14.4 Å². The minimum Gasteiger partial charge on any atom is -0.444 e. The number of nitrogens with zero attached hydrogens (tertiary/aromatic N) is 1. The molecule has 2 rings (SSSR count). The Labute approximate surface area is 219 Å². The molecule has 2 aromatic rings. The zero-order valence-corrected chi connectivity index (χ0v) is 23.4. The number of alkyl carbamates (subject to hydrolysis) is 1. The number of ether oxygens (including phenoxy) is 1. The number of aryl methyl sites for hydroxylation is 3. The first-order valence-electron chi connectivity index (χ1n) is 12.0. The Morgan fingerprint density at radius 2 is 1.47 bits per heavy atom. The van der Waals surface area contributed by atoms with Gasteiger partial charge in [0.15, 0.2) is 0 Å². The fraction of sp³-hybridized carbons (Fsp3) is 0.464. The summed E-state index contributed by atoms with van der Waals surface area (Å²) < 4.78 is 5.37. The van der Waals surface area contributed by atoms with E-state index in [1.807, 2.05) is 65.0 Å². The molecule has 7 nitrogen and oxygen atoms in total. The maximum atomic E-state index is 13.8. The van der Waals surface area contributed by atoms with Crippen molar-refractivity contribution in [3.05, 3.63) is 63.7 Å². The van der Waals surface area contributed by atoms with Crippen LogP contribution in [0.5, 0.6) is 0 Å². The van der Waals surface area contributed by atoms with Gasteiger partial charge in [-0.2, -0.15) is 0 Å². The summed E-state index contributed by atoms with van der Waals surface area (Å²) in [5.41, 5.74) is 3.04. The number of hydrogen-bond donors (Lipinski definition) is 2. The number of hydrogen-bond acceptors (Lipinski definition) is 4. The number of carbonyl (C=O) groups is 3. The lowest BCUT2D eigenvalue weighted by Crippen LogP contribution is -2.53. The van der Waals surface area contributed by atoms with Crippen LogP contribution in [0.25, 0.3) is 0 Å². The highest BCUT2D eigenvalue weighted by Gasteiger charge is 2.37. The third-order valence-electron chi connectivity index (χ3n) is 5.87. The number of anilines is 1. The highest BCUT2D eigenvalue weighted by atomic mass is 35.5. The fourth-order valence-corrected chi connectivity index (χ4v) is 4.30. The number of carbonyl (C=O) groups excluding carboxylic acids is 3. The fourth-order valence-electron chi connectivity index (χ4n) is 4.04. The molecule has 0 saturated carbocycles. The number of benzene rings is 2. The van der Waals surface area contributed by atoms with Crippen LogP contribution in [0.1, 0.15) is 62.9 Å². The zero-order chi connectivity index (χ0) is 27.4. The Morgan fingerprint density at radius 1 is 0.944 bits per heavy atom. The van der Waals surface area contributed by atoms with Crippen LogP contribution >= 0.6 is 11.6 Å². The van der Waals surface area contributed by atoms with Gasteiger partial charge in [0.25, 0.3) is 5.91 Å². The molecule has 2 N–H and O–H groups in total. The van der Waals surface area contributed by atoms with Gasteiger partial charge in [-0.3, -0.25) is 9.59 Å². The first kappa shape index (κ1) is 29.2. The highest BCUT2D eigenvalue weighted by molar-refractivity contribution is 6.34. The summed E-state index contributed by atoms with van der Waals surface area (Å²) in [6.07, 6.45) is -0.692. The Morgan fingerprint density at radius 3 is 1.97 bits per heavy atom. The molecule has 0 aliphatic rings. The van der Waals surface area contributed by atoms with Crippen molar-refractivity contribution in [1.29, 1.82) is 0 Å². The molecule has 0 heterocycles. The lowest BCUT2D eigenvalue weighted by molar-refractivity contribution is -0.140. The third kappa shape index (κ3) is 7.23. The summed E-state index contributed by atoms with van der Waals surface area (Å²) in [5, 5.41) is 6.03. The van der Waals surface area contributed by atoms with Gasteiger partial charge in [-0.05, 0) is 75.8 Å². The summed E-state index contributed by atoms with van der Waals surface area (Å²) in [5.74, 6) is -1.06. The third-order valence-corrected chi connectivity index (χ3v) is 6.19. The number of rotatable bonds is 7. The van der Waals surface area contributed by atoms with Crippen molar-refractivity contribution < 1.29 is 19.1 Å². The second-order valence-electron chi connectivity index (χ2n) is 10.4. The normalized spacial score (nSPS) is 13.1. The molecule has 3 amide bonds. The molecule has 8 heteroatoms. The van der Waals surface area contributed by atoms with Crippen molar-refractivity contribution in [1.82, 2.24) is 10.2 Å². The molecule has 36 heavy (non-hydrogen) atoms. The van der Waals surface area contributed by atoms with Crippen molar-refractivity contribution in [2.24, 2.45) is 5.92 Å². The van der Waals surface area contributed by atoms with Crippen LogP contribution in [0.2, 0.25) is 5.02 Å². The standard InChI is InChI=1S/C28H38ClN3O4/c1-16(2)22(31-27(35)36-28(6,7)8)26(34)32(9)24(21-17(3)12-10-13-18(21)4)25(33)30-23-19(5)14-11-15-20(23)29/h10-16,22,24H,1-9H3,(H,30,33)(H,31,35). The van der Waals surface area contributed by atoms with E-state index in [2.05, 4.69) is 10.6 Å². The van der Waals surface area contributed by atoms with Crippen LogP contribution in [0, 0.1) is 26.7 Å². The van der Waals surface area contributed by atoms with Gasteiger partial charge in [0, 0.05) is 7.05 Å². The van der Waals surface area contributed by atoms with Crippen LogP contribution in [0.3, 0.4) is 0 Å². The van der Waals surface area contributed by atoms with Crippen LogP contribution < -0.4 is 10.6 Å². The van der Waals surface area contributed by atoms with E-state index in [4.69, 9.17) is 16.3 Å². The molecular weight excluding hydrogens is 478 g/mol. The Balaban J connectivity index is 2.49. The molecule has 0 aromatic heterocycles. The summed E-state index contributed by atoms with van der Waals surface area (Å²) in [4.78, 5) is 41.4. The van der Waals surface area contributed by atoms with E-state index in [1.54, 1.807) is 33.9 Å². The molecule has 2 aromatic carbocycles. The first-order chi connectivity index (χ1) is 16.6. The van der Waals surface area contributed by atoms with E-state index in [0.29, 0.717) is 10.7 Å². The van der Waals surface area contributed by atoms with E-state index in [0.717, 1.165) is 22.3 Å². The highest BCUT2D eigenvalue weighted by Crippen LogP contribution is 2.31. The molecule has 0 fully saturated rings. The van der Waals surface area contributed by atoms with Gasteiger partial charge in [0.05, 0.1) is 10.7 Å². The Hall–Kier alpha value is -3.06. The zero-order valence-electron chi connectivity index (χ0n) is 22.7. The molecule has 2 unspecified atom stereocenters. The van der Waals surface area contributed by atoms with Crippen LogP contribution in [0.4, 0.5) is 10.5 Å². The largest absolute Gasteiger partial charge is 0.444 e. The van der Waals surface area contributed by atoms with Crippen molar-refractivity contribution >= 4 is 35.2 Å². The van der Waals surface area contributed by atoms with Gasteiger partial charge in [0.1, 0.15) is 17.7 Å². The van der Waals surface area contributed by atoms with Crippen molar-refractivity contribution in [3.8, 4) is 0 Å². The minimum absolute atomic E-state index is 0.250. The average molecular weight is 516 g/mol. The molecule has 196 valence electrons. The van der Waals surface area contributed by atoms with Crippen molar-refractivity contribution in [3.63, 3.8) is 0 Å². The second-order valence-corrected chi connectivity index (χ2v) is 10.9. The van der Waals surface area contributed by atoms with Gasteiger partial charge in [-0.25, -0.2) is 4.79 Å². The predicted octanol–water partition coefficient (Wildman–Crippen LogP) is 5.95. The van der Waals surface area contributed by atoms with Crippen molar-refractivity contribution in [2.45, 2.75) is 73.1 Å². The maximum Gasteiger partial charge on any atom is 0.408 e. The van der Waals surface area contributed by atoms with Crippen molar-refractivity contribution in [2.75, 3.05) is 12.4 Å². The summed E-state index contributed by atoms with van der Waals surface area (Å²) >= 11 is 6.37. The maximum absolute atomic E-state index is 13.8. The second kappa shape index (κ2) is 11.8. The molecular formula is C28H38ClN3O4. The lowest BCUT2D eigenvalue weighted by atomic mass is 9.93. The number of likely N-dealkylation sites (N-methyl/N-ethyl adjacent to an activating group) is 1. The van der Waals surface area contributed by atoms with Crippen LogP contribution in [-0.4, -0.2) is 41.5 Å². The van der Waals surface area contributed by atoms with Gasteiger partial charge in [0.2, 0.25) is 5.91 Å². The van der Waals surface area contributed by atoms with E-state index in [1.165, 1.54) is 4.90 Å². The van der Waals surface area contributed by atoms with Crippen LogP contribution in [0.15, 0.2) is 36.4 Å². The van der Waals surface area contributed by atoms with E-state index < -0.39 is 35.6 Å². The topological polar surface area (TPSA) is 87.7 Å². The molecule has 0 radical (unpaired) electrons. The number of nitrogens with one attached hydrogen (secondary N) is 2. The van der Waals surface area contributed by atoms with Gasteiger partial charge in [-0.1, -0.05) is 55.8 Å². The lowest BCUT2D eigenvalue weighted by Gasteiger charge is -2.34. The summed E-state index contributed by atoms with van der Waals surface area (Å²) in [6, 6.07) is 9.21. The quantitative estimate of drug-likeness (QED) is 0.476. The number of amides is 3. The summed E-state index contributed by atoms with van der Waals surface area (Å²) in [6.45, 7) is 14.6. The predicted molar refractivity (Wildman–Crippen MR) is 144 cm³/mol. The average Bonchev–Trinajstić information content (AvgIpc) is 2.75. The first-order valence-corrected chi connectivity index (χ1v) is 12.4. The molecule has 0 aliphatic heterocycles. The van der Waals surface area contributed by atoms with Gasteiger partial charge < -0.3 is 20.3 Å². The smallest absolute Gasteiger partial charge is 0.408 e. The monoisotopic (exact) mass is 515 g/mol. The molecule has 0 aliphatic carbocycles. The number of para-hydroxylation sites is 1. The number of halogens is 1. The summed E-state index contributed by atoms with van der Waals surface area (Å²) in [7, 11) is 1.57. The molecule has 0 bridgehead atoms. The van der Waals surface area contributed by atoms with Crippen LogP contribution in [-0.2, 0) is 14.3 Å². The van der Waals surface area contributed by atoms with Gasteiger partial charge in [-0.15, -0.1) is 0 Å². The molecule has 0 saturated heterocycles. The molecule has 0 spiro atoms. The van der Waals surface area contributed by atoms with E-state index in [-0.39, 0.29) is 5.92 Å². The van der Waals surface area contributed by atoms with Gasteiger partial charge >= 0.3 is 6.09 Å². The minimum atomic E-state index is -0.962. The molecule has 2 atom stereocenters. The van der Waals surface area contributed by atoms with E-state index >= 15 is 0 Å². The Bertz CT molecular complexity index is 1080. The Kier molecular flexibility index (Phi) is 9.55. The SMILES string of the molecule is Cc1cccc(Cl)c1NC(=O)C(c1c(C)cccc1C)N(C)C(=O)C(NC(=O)OC(C)(C)C)C(C)C.